The molecule has 0 aliphatic carbocycles. The summed E-state index contributed by atoms with van der Waals surface area (Å²) < 4.78 is 5.75. The molecule has 3 aromatic rings. The normalized spacial score (nSPS) is 11.2. The van der Waals surface area contributed by atoms with Crippen LogP contribution in [0.5, 0.6) is 0 Å². The Bertz CT molecular complexity index is 865. The van der Waals surface area contributed by atoms with Crippen LogP contribution in [0.25, 0.3) is 22.9 Å². The van der Waals surface area contributed by atoms with Crippen molar-refractivity contribution in [3.8, 4) is 29.0 Å². The molecule has 0 radical (unpaired) electrons. The SMILES string of the molecule is CC(C)(C)c1ccc(-c2nnc(-c3ccccc3C#N)o2)cc1. The molecule has 0 fully saturated rings. The zero-order chi connectivity index (χ0) is 16.4. The molecule has 2 aromatic carbocycles. The summed E-state index contributed by atoms with van der Waals surface area (Å²) in [6, 6.07) is 17.4. The molecule has 0 spiro atoms. The Hall–Kier alpha value is -2.93. The molecule has 1 heterocycles. The molecule has 23 heavy (non-hydrogen) atoms. The number of benzene rings is 2. The maximum Gasteiger partial charge on any atom is 0.249 e. The van der Waals surface area contributed by atoms with E-state index in [2.05, 4.69) is 49.2 Å². The van der Waals surface area contributed by atoms with Crippen LogP contribution in [-0.4, -0.2) is 10.2 Å². The van der Waals surface area contributed by atoms with Crippen LogP contribution in [0.4, 0.5) is 0 Å². The number of hydrogen-bond donors (Lipinski definition) is 0. The molecule has 0 saturated heterocycles. The first kappa shape index (κ1) is 15.0. The van der Waals surface area contributed by atoms with Crippen molar-refractivity contribution >= 4 is 0 Å². The van der Waals surface area contributed by atoms with Gasteiger partial charge in [-0.25, -0.2) is 0 Å². The molecule has 1 aromatic heterocycles. The fourth-order valence-electron chi connectivity index (χ4n) is 2.33. The molecule has 0 N–H and O–H groups in total. The van der Waals surface area contributed by atoms with E-state index < -0.39 is 0 Å². The fourth-order valence-corrected chi connectivity index (χ4v) is 2.33. The van der Waals surface area contributed by atoms with Gasteiger partial charge in [0.05, 0.1) is 17.2 Å². The second-order valence-electron chi connectivity index (χ2n) is 6.40. The van der Waals surface area contributed by atoms with E-state index in [0.717, 1.165) is 5.56 Å². The van der Waals surface area contributed by atoms with Gasteiger partial charge in [0.25, 0.3) is 0 Å². The lowest BCUT2D eigenvalue weighted by Gasteiger charge is -2.18. The van der Waals surface area contributed by atoms with Crippen molar-refractivity contribution in [2.45, 2.75) is 26.2 Å². The highest BCUT2D eigenvalue weighted by Gasteiger charge is 2.16. The molecule has 0 atom stereocenters. The molecule has 4 nitrogen and oxygen atoms in total. The van der Waals surface area contributed by atoms with Crippen LogP contribution in [0.15, 0.2) is 52.9 Å². The number of hydrogen-bond acceptors (Lipinski definition) is 4. The van der Waals surface area contributed by atoms with Crippen LogP contribution >= 0.6 is 0 Å². The largest absolute Gasteiger partial charge is 0.416 e. The summed E-state index contributed by atoms with van der Waals surface area (Å²) in [7, 11) is 0. The van der Waals surface area contributed by atoms with Crippen LogP contribution in [0.1, 0.15) is 31.9 Å². The predicted molar refractivity (Wildman–Crippen MR) is 88.6 cm³/mol. The predicted octanol–water partition coefficient (Wildman–Crippen LogP) is 4.57. The van der Waals surface area contributed by atoms with Crippen molar-refractivity contribution in [3.05, 3.63) is 59.7 Å². The summed E-state index contributed by atoms with van der Waals surface area (Å²) in [5.74, 6) is 0.810. The highest BCUT2D eigenvalue weighted by atomic mass is 16.4. The van der Waals surface area contributed by atoms with E-state index in [4.69, 9.17) is 4.42 Å². The highest BCUT2D eigenvalue weighted by molar-refractivity contribution is 5.64. The summed E-state index contributed by atoms with van der Waals surface area (Å²) in [6.45, 7) is 6.52. The first-order chi connectivity index (χ1) is 11.0. The molecule has 0 amide bonds. The van der Waals surface area contributed by atoms with Gasteiger partial charge in [-0.15, -0.1) is 10.2 Å². The Balaban J connectivity index is 1.95. The minimum Gasteiger partial charge on any atom is -0.416 e. The third-order valence-corrected chi connectivity index (χ3v) is 3.70. The van der Waals surface area contributed by atoms with Gasteiger partial charge in [0.15, 0.2) is 0 Å². The Morgan fingerprint density at radius 1 is 0.913 bits per heavy atom. The van der Waals surface area contributed by atoms with E-state index in [-0.39, 0.29) is 5.41 Å². The second kappa shape index (κ2) is 5.69. The third-order valence-electron chi connectivity index (χ3n) is 3.70. The molecule has 0 aliphatic heterocycles. The summed E-state index contributed by atoms with van der Waals surface area (Å²) in [6.07, 6.45) is 0. The molecule has 0 aliphatic rings. The summed E-state index contributed by atoms with van der Waals surface area (Å²) >= 11 is 0. The van der Waals surface area contributed by atoms with Gasteiger partial charge >= 0.3 is 0 Å². The van der Waals surface area contributed by atoms with Gasteiger partial charge in [-0.2, -0.15) is 5.26 Å². The molecule has 3 rings (SSSR count). The summed E-state index contributed by atoms with van der Waals surface area (Å²) in [5.41, 5.74) is 3.39. The molecule has 0 unspecified atom stereocenters. The van der Waals surface area contributed by atoms with E-state index >= 15 is 0 Å². The van der Waals surface area contributed by atoms with Crippen molar-refractivity contribution in [1.82, 2.24) is 10.2 Å². The number of nitriles is 1. The van der Waals surface area contributed by atoms with Gasteiger partial charge < -0.3 is 4.42 Å². The van der Waals surface area contributed by atoms with E-state index in [0.29, 0.717) is 22.9 Å². The number of nitrogens with zero attached hydrogens (tertiary/aromatic N) is 3. The van der Waals surface area contributed by atoms with Gasteiger partial charge in [0.2, 0.25) is 11.8 Å². The minimum atomic E-state index is 0.101. The monoisotopic (exact) mass is 303 g/mol. The Morgan fingerprint density at radius 3 is 2.22 bits per heavy atom. The van der Waals surface area contributed by atoms with Crippen LogP contribution in [0.2, 0.25) is 0 Å². The molecular formula is C19H17N3O. The minimum absolute atomic E-state index is 0.101. The lowest BCUT2D eigenvalue weighted by Crippen LogP contribution is -2.10. The zero-order valence-corrected chi connectivity index (χ0v) is 13.4. The van der Waals surface area contributed by atoms with Crippen LogP contribution in [0, 0.1) is 11.3 Å². The Labute approximate surface area is 135 Å². The van der Waals surface area contributed by atoms with E-state index in [1.165, 1.54) is 5.56 Å². The quantitative estimate of drug-likeness (QED) is 0.695. The molecule has 0 saturated carbocycles. The Morgan fingerprint density at radius 2 is 1.57 bits per heavy atom. The van der Waals surface area contributed by atoms with Gasteiger partial charge in [0, 0.05) is 5.56 Å². The van der Waals surface area contributed by atoms with Gasteiger partial charge in [-0.3, -0.25) is 0 Å². The van der Waals surface area contributed by atoms with Gasteiger partial charge in [-0.05, 0) is 35.2 Å². The summed E-state index contributed by atoms with van der Waals surface area (Å²) in [5, 5.41) is 17.3. The standard InChI is InChI=1S/C19H17N3O/c1-19(2,3)15-10-8-13(9-11-15)17-21-22-18(23-17)16-7-5-4-6-14(16)12-20/h4-11H,1-3H3. The van der Waals surface area contributed by atoms with E-state index in [9.17, 15) is 5.26 Å². The number of rotatable bonds is 2. The van der Waals surface area contributed by atoms with Crippen molar-refractivity contribution in [3.63, 3.8) is 0 Å². The van der Waals surface area contributed by atoms with Crippen LogP contribution < -0.4 is 0 Å². The van der Waals surface area contributed by atoms with Crippen molar-refractivity contribution in [2.75, 3.05) is 0 Å². The second-order valence-corrected chi connectivity index (χ2v) is 6.40. The molecular weight excluding hydrogens is 286 g/mol. The van der Waals surface area contributed by atoms with Crippen molar-refractivity contribution in [2.24, 2.45) is 0 Å². The lowest BCUT2D eigenvalue weighted by molar-refractivity contribution is 0.582. The first-order valence-corrected chi connectivity index (χ1v) is 7.43. The van der Waals surface area contributed by atoms with E-state index in [1.807, 2.05) is 24.3 Å². The fraction of sp³-hybridized carbons (Fsp3) is 0.211. The van der Waals surface area contributed by atoms with Gasteiger partial charge in [0.1, 0.15) is 0 Å². The van der Waals surface area contributed by atoms with Crippen LogP contribution in [-0.2, 0) is 5.41 Å². The van der Waals surface area contributed by atoms with Crippen molar-refractivity contribution < 1.29 is 4.42 Å². The molecule has 4 heteroatoms. The lowest BCUT2D eigenvalue weighted by atomic mass is 9.87. The average molecular weight is 303 g/mol. The molecule has 114 valence electrons. The first-order valence-electron chi connectivity index (χ1n) is 7.43. The Kier molecular flexibility index (Phi) is 3.71. The smallest absolute Gasteiger partial charge is 0.249 e. The number of aromatic nitrogens is 2. The van der Waals surface area contributed by atoms with E-state index in [1.54, 1.807) is 12.1 Å². The zero-order valence-electron chi connectivity index (χ0n) is 13.4. The highest BCUT2D eigenvalue weighted by Crippen LogP contribution is 2.28. The molecule has 0 bridgehead atoms. The van der Waals surface area contributed by atoms with Gasteiger partial charge in [-0.1, -0.05) is 45.0 Å². The summed E-state index contributed by atoms with van der Waals surface area (Å²) in [4.78, 5) is 0. The van der Waals surface area contributed by atoms with Crippen LogP contribution in [0.3, 0.4) is 0 Å². The van der Waals surface area contributed by atoms with Crippen molar-refractivity contribution in [1.29, 1.82) is 5.26 Å². The maximum atomic E-state index is 9.17. The third kappa shape index (κ3) is 3.00. The topological polar surface area (TPSA) is 62.7 Å². The maximum absolute atomic E-state index is 9.17. The average Bonchev–Trinajstić information content (AvgIpc) is 3.04.